The second-order valence-corrected chi connectivity index (χ2v) is 8.22. The van der Waals surface area contributed by atoms with Crippen LogP contribution in [0.2, 0.25) is 0 Å². The van der Waals surface area contributed by atoms with Gasteiger partial charge in [0.2, 0.25) is 5.91 Å². The van der Waals surface area contributed by atoms with Gasteiger partial charge in [-0.2, -0.15) is 0 Å². The number of aryl methyl sites for hydroxylation is 4. The summed E-state index contributed by atoms with van der Waals surface area (Å²) < 4.78 is 1.99. The highest BCUT2D eigenvalue weighted by atomic mass is 32.2. The Kier molecular flexibility index (Phi) is 5.96. The van der Waals surface area contributed by atoms with Gasteiger partial charge in [0.1, 0.15) is 5.82 Å². The van der Waals surface area contributed by atoms with Crippen molar-refractivity contribution in [3.05, 3.63) is 40.0 Å². The van der Waals surface area contributed by atoms with Crippen molar-refractivity contribution in [3.63, 3.8) is 0 Å². The number of rotatable bonds is 6. The van der Waals surface area contributed by atoms with E-state index in [4.69, 9.17) is 0 Å². The summed E-state index contributed by atoms with van der Waals surface area (Å²) in [6.07, 6.45) is 0. The van der Waals surface area contributed by atoms with Gasteiger partial charge < -0.3 is 9.88 Å². The molecule has 1 aromatic carbocycles. The van der Waals surface area contributed by atoms with Gasteiger partial charge in [-0.05, 0) is 45.7 Å². The van der Waals surface area contributed by atoms with Crippen molar-refractivity contribution >= 4 is 34.1 Å². The predicted molar refractivity (Wildman–Crippen MR) is 112 cm³/mol. The number of carbonyl (C=O) groups excluding carboxylic acids is 1. The number of amides is 1. The Hall–Kier alpha value is -2.19. The molecule has 0 atom stereocenters. The topological polar surface area (TPSA) is 72.7 Å². The van der Waals surface area contributed by atoms with E-state index < -0.39 is 0 Å². The zero-order valence-corrected chi connectivity index (χ0v) is 17.8. The number of carbonyl (C=O) groups is 1. The first-order valence-electron chi connectivity index (χ1n) is 8.75. The third kappa shape index (κ3) is 4.39. The third-order valence-corrected chi connectivity index (χ3v) is 5.96. The Morgan fingerprint density at radius 2 is 1.89 bits per heavy atom. The van der Waals surface area contributed by atoms with Gasteiger partial charge in [0, 0.05) is 17.5 Å². The maximum absolute atomic E-state index is 12.3. The van der Waals surface area contributed by atoms with Gasteiger partial charge in [0.15, 0.2) is 10.3 Å². The molecule has 142 valence electrons. The number of hydrogen-bond donors (Lipinski definition) is 1. The SMILES string of the molecule is CCn1c(C)nnc1SCC(=O)Nc1nc(-c2c(C)cc(C)cc2C)cs1. The van der Waals surface area contributed by atoms with Crippen LogP contribution in [0.3, 0.4) is 0 Å². The smallest absolute Gasteiger partial charge is 0.236 e. The van der Waals surface area contributed by atoms with Crippen LogP contribution in [0, 0.1) is 27.7 Å². The van der Waals surface area contributed by atoms with E-state index in [2.05, 4.69) is 53.4 Å². The van der Waals surface area contributed by atoms with Crippen molar-refractivity contribution in [1.29, 1.82) is 0 Å². The molecule has 3 rings (SSSR count). The monoisotopic (exact) mass is 401 g/mol. The van der Waals surface area contributed by atoms with E-state index in [9.17, 15) is 4.79 Å². The van der Waals surface area contributed by atoms with E-state index >= 15 is 0 Å². The molecule has 0 saturated carbocycles. The van der Waals surface area contributed by atoms with Gasteiger partial charge in [-0.3, -0.25) is 4.79 Å². The molecular weight excluding hydrogens is 378 g/mol. The standard InChI is InChI=1S/C19H23N5OS2/c1-6-24-14(5)22-23-19(24)27-10-16(25)21-18-20-15(9-26-18)17-12(3)7-11(2)8-13(17)4/h7-9H,6,10H2,1-5H3,(H,20,21,25). The van der Waals surface area contributed by atoms with Crippen molar-refractivity contribution in [3.8, 4) is 11.3 Å². The molecule has 1 N–H and O–H groups in total. The lowest BCUT2D eigenvalue weighted by Crippen LogP contribution is -2.14. The van der Waals surface area contributed by atoms with Crippen molar-refractivity contribution in [2.75, 3.05) is 11.1 Å². The predicted octanol–water partition coefficient (Wildman–Crippen LogP) is 4.39. The van der Waals surface area contributed by atoms with E-state index in [0.717, 1.165) is 28.8 Å². The summed E-state index contributed by atoms with van der Waals surface area (Å²) in [6, 6.07) is 4.31. The molecule has 0 aliphatic heterocycles. The summed E-state index contributed by atoms with van der Waals surface area (Å²) in [5.74, 6) is 1.03. The Balaban J connectivity index is 1.66. The molecule has 27 heavy (non-hydrogen) atoms. The summed E-state index contributed by atoms with van der Waals surface area (Å²) in [7, 11) is 0. The van der Waals surface area contributed by atoms with E-state index in [1.54, 1.807) is 0 Å². The summed E-state index contributed by atoms with van der Waals surface area (Å²) in [4.78, 5) is 16.9. The van der Waals surface area contributed by atoms with Crippen molar-refractivity contribution in [1.82, 2.24) is 19.7 Å². The van der Waals surface area contributed by atoms with Crippen LogP contribution >= 0.6 is 23.1 Å². The first-order chi connectivity index (χ1) is 12.9. The Morgan fingerprint density at radius 3 is 2.56 bits per heavy atom. The lowest BCUT2D eigenvalue weighted by atomic mass is 9.98. The highest BCUT2D eigenvalue weighted by Gasteiger charge is 2.14. The summed E-state index contributed by atoms with van der Waals surface area (Å²) >= 11 is 2.83. The Labute approximate surface area is 167 Å². The van der Waals surface area contributed by atoms with Crippen LogP contribution in [0.25, 0.3) is 11.3 Å². The molecule has 0 aliphatic carbocycles. The van der Waals surface area contributed by atoms with Crippen LogP contribution in [-0.2, 0) is 11.3 Å². The Bertz CT molecular complexity index is 953. The van der Waals surface area contributed by atoms with Crippen LogP contribution in [0.4, 0.5) is 5.13 Å². The molecule has 2 aromatic heterocycles. The first kappa shape index (κ1) is 19.6. The van der Waals surface area contributed by atoms with Gasteiger partial charge in [-0.1, -0.05) is 29.5 Å². The largest absolute Gasteiger partial charge is 0.307 e. The normalized spacial score (nSPS) is 11.0. The van der Waals surface area contributed by atoms with Crippen LogP contribution in [0.5, 0.6) is 0 Å². The molecule has 8 heteroatoms. The highest BCUT2D eigenvalue weighted by molar-refractivity contribution is 7.99. The van der Waals surface area contributed by atoms with E-state index in [1.807, 2.05) is 23.8 Å². The third-order valence-electron chi connectivity index (χ3n) is 4.23. The molecule has 0 aliphatic rings. The zero-order valence-electron chi connectivity index (χ0n) is 16.2. The number of anilines is 1. The fourth-order valence-electron chi connectivity index (χ4n) is 3.15. The van der Waals surface area contributed by atoms with Crippen LogP contribution in [-0.4, -0.2) is 31.4 Å². The maximum atomic E-state index is 12.3. The molecule has 0 bridgehead atoms. The van der Waals surface area contributed by atoms with E-state index in [-0.39, 0.29) is 11.7 Å². The first-order valence-corrected chi connectivity index (χ1v) is 10.6. The lowest BCUT2D eigenvalue weighted by Gasteiger charge is -2.08. The zero-order chi connectivity index (χ0) is 19.6. The minimum Gasteiger partial charge on any atom is -0.307 e. The lowest BCUT2D eigenvalue weighted by molar-refractivity contribution is -0.113. The number of thioether (sulfide) groups is 1. The number of thiazole rings is 1. The second kappa shape index (κ2) is 8.22. The fraction of sp³-hybridized carbons (Fsp3) is 0.368. The van der Waals surface area contributed by atoms with Crippen molar-refractivity contribution in [2.45, 2.75) is 46.3 Å². The number of nitrogens with zero attached hydrogens (tertiary/aromatic N) is 4. The van der Waals surface area contributed by atoms with Crippen molar-refractivity contribution in [2.24, 2.45) is 0 Å². The van der Waals surface area contributed by atoms with Gasteiger partial charge in [-0.25, -0.2) is 4.98 Å². The second-order valence-electron chi connectivity index (χ2n) is 6.42. The van der Waals surface area contributed by atoms with E-state index in [0.29, 0.717) is 5.13 Å². The van der Waals surface area contributed by atoms with Gasteiger partial charge in [-0.15, -0.1) is 21.5 Å². The van der Waals surface area contributed by atoms with E-state index in [1.165, 1.54) is 39.8 Å². The molecule has 0 radical (unpaired) electrons. The summed E-state index contributed by atoms with van der Waals surface area (Å²) in [5.41, 5.74) is 5.67. The number of hydrogen-bond acceptors (Lipinski definition) is 6. The molecular formula is C19H23N5OS2. The molecule has 3 aromatic rings. The van der Waals surface area contributed by atoms with Gasteiger partial charge >= 0.3 is 0 Å². The molecule has 0 spiro atoms. The molecule has 0 saturated heterocycles. The number of benzene rings is 1. The molecule has 0 fully saturated rings. The molecule has 0 unspecified atom stereocenters. The maximum Gasteiger partial charge on any atom is 0.236 e. The molecule has 6 nitrogen and oxygen atoms in total. The minimum absolute atomic E-state index is 0.0958. The summed E-state index contributed by atoms with van der Waals surface area (Å²) in [6.45, 7) is 11.0. The quantitative estimate of drug-likeness (QED) is 0.620. The van der Waals surface area contributed by atoms with Crippen LogP contribution < -0.4 is 5.32 Å². The fourth-order valence-corrected chi connectivity index (χ4v) is 4.71. The van der Waals surface area contributed by atoms with Crippen LogP contribution in [0.15, 0.2) is 22.7 Å². The number of aromatic nitrogens is 4. The minimum atomic E-state index is -0.0958. The molecule has 1 amide bonds. The van der Waals surface area contributed by atoms with Gasteiger partial charge in [0.25, 0.3) is 0 Å². The average molecular weight is 402 g/mol. The summed E-state index contributed by atoms with van der Waals surface area (Å²) in [5, 5.41) is 14.4. The molecule has 2 heterocycles. The number of nitrogens with one attached hydrogen (secondary N) is 1. The van der Waals surface area contributed by atoms with Gasteiger partial charge in [0.05, 0.1) is 11.4 Å². The average Bonchev–Trinajstić information content (AvgIpc) is 3.18. The highest BCUT2D eigenvalue weighted by Crippen LogP contribution is 2.31. The Morgan fingerprint density at radius 1 is 1.19 bits per heavy atom. The van der Waals surface area contributed by atoms with Crippen molar-refractivity contribution < 1.29 is 4.79 Å². The van der Waals surface area contributed by atoms with Crippen LogP contribution in [0.1, 0.15) is 29.4 Å².